The molecule has 190 valence electrons. The van der Waals surface area contributed by atoms with Gasteiger partial charge in [-0.15, -0.1) is 0 Å². The lowest BCUT2D eigenvalue weighted by atomic mass is 10.1. The van der Waals surface area contributed by atoms with Gasteiger partial charge in [-0.1, -0.05) is 6.42 Å². The van der Waals surface area contributed by atoms with Crippen LogP contribution >= 0.6 is 0 Å². The number of imidazole rings is 1. The lowest BCUT2D eigenvalue weighted by molar-refractivity contribution is -0.142. The lowest BCUT2D eigenvalue weighted by Gasteiger charge is -2.23. The zero-order valence-electron chi connectivity index (χ0n) is 19.1. The Hall–Kier alpha value is -3.52. The molecule has 14 nitrogen and oxygen atoms in total. The van der Waals surface area contributed by atoms with Crippen LogP contribution < -0.4 is 33.2 Å². The predicted octanol–water partition coefficient (Wildman–Crippen LogP) is -2.77. The summed E-state index contributed by atoms with van der Waals surface area (Å²) in [5, 5.41) is 16.6. The third kappa shape index (κ3) is 10.4. The molecule has 4 amide bonds. The van der Waals surface area contributed by atoms with Crippen molar-refractivity contribution in [2.45, 2.75) is 69.6 Å². The van der Waals surface area contributed by atoms with Crippen LogP contribution in [0.2, 0.25) is 0 Å². The van der Waals surface area contributed by atoms with E-state index in [2.05, 4.69) is 25.9 Å². The van der Waals surface area contributed by atoms with Crippen molar-refractivity contribution in [1.29, 1.82) is 0 Å². The van der Waals surface area contributed by atoms with Crippen molar-refractivity contribution in [1.82, 2.24) is 25.9 Å². The SMILES string of the molecule is CC(NC(=O)C(N)CCCCN)C(=O)NC(Cc1cnc[nH]1)C(=O)NC(CCC(N)=O)C(=O)O. The third-order valence-corrected chi connectivity index (χ3v) is 4.96. The maximum Gasteiger partial charge on any atom is 0.326 e. The Labute approximate surface area is 196 Å². The summed E-state index contributed by atoms with van der Waals surface area (Å²) in [4.78, 5) is 66.8. The molecule has 0 aliphatic carbocycles. The smallest absolute Gasteiger partial charge is 0.326 e. The number of H-pyrrole nitrogens is 1. The van der Waals surface area contributed by atoms with Crippen LogP contribution in [-0.4, -0.2) is 75.4 Å². The second-order valence-electron chi connectivity index (χ2n) is 7.87. The van der Waals surface area contributed by atoms with E-state index in [1.54, 1.807) is 0 Å². The summed E-state index contributed by atoms with van der Waals surface area (Å²) in [6.45, 7) is 1.91. The second kappa shape index (κ2) is 14.6. The number of carboxylic acids is 1. The Morgan fingerprint density at radius 1 is 1.03 bits per heavy atom. The number of hydrogen-bond acceptors (Lipinski definition) is 8. The van der Waals surface area contributed by atoms with E-state index in [9.17, 15) is 29.1 Å². The average molecular weight is 483 g/mol. The number of carbonyl (C=O) groups is 5. The Morgan fingerprint density at radius 2 is 1.71 bits per heavy atom. The van der Waals surface area contributed by atoms with Crippen molar-refractivity contribution >= 4 is 29.6 Å². The predicted molar refractivity (Wildman–Crippen MR) is 121 cm³/mol. The van der Waals surface area contributed by atoms with Gasteiger partial charge in [0.1, 0.15) is 18.1 Å². The van der Waals surface area contributed by atoms with Gasteiger partial charge in [0.2, 0.25) is 23.6 Å². The van der Waals surface area contributed by atoms with Crippen LogP contribution in [0.15, 0.2) is 12.5 Å². The Balaban J connectivity index is 2.82. The summed E-state index contributed by atoms with van der Waals surface area (Å²) < 4.78 is 0. The van der Waals surface area contributed by atoms with Crippen LogP contribution in [-0.2, 0) is 30.4 Å². The maximum atomic E-state index is 12.8. The molecule has 14 heteroatoms. The van der Waals surface area contributed by atoms with E-state index in [1.165, 1.54) is 19.4 Å². The van der Waals surface area contributed by atoms with Crippen molar-refractivity contribution in [2.24, 2.45) is 17.2 Å². The summed E-state index contributed by atoms with van der Waals surface area (Å²) in [5.41, 5.74) is 16.8. The number of carbonyl (C=O) groups excluding carboxylic acids is 4. The molecule has 1 rings (SSSR count). The van der Waals surface area contributed by atoms with Crippen molar-refractivity contribution < 1.29 is 29.1 Å². The molecule has 4 atom stereocenters. The van der Waals surface area contributed by atoms with E-state index >= 15 is 0 Å². The molecule has 4 unspecified atom stereocenters. The van der Waals surface area contributed by atoms with E-state index < -0.39 is 53.8 Å². The zero-order valence-corrected chi connectivity index (χ0v) is 19.1. The number of hydrogen-bond donors (Lipinski definition) is 8. The third-order valence-electron chi connectivity index (χ3n) is 4.96. The molecule has 11 N–H and O–H groups in total. The van der Waals surface area contributed by atoms with Crippen molar-refractivity contribution in [3.63, 3.8) is 0 Å². The summed E-state index contributed by atoms with van der Waals surface area (Å²) in [5.74, 6) is -4.06. The number of rotatable bonds is 16. The highest BCUT2D eigenvalue weighted by molar-refractivity contribution is 5.94. The Bertz CT molecular complexity index is 831. The van der Waals surface area contributed by atoms with E-state index in [4.69, 9.17) is 17.2 Å². The van der Waals surface area contributed by atoms with Gasteiger partial charge >= 0.3 is 5.97 Å². The van der Waals surface area contributed by atoms with Crippen molar-refractivity contribution in [3.8, 4) is 0 Å². The molecule has 0 saturated carbocycles. The van der Waals surface area contributed by atoms with E-state index in [-0.39, 0.29) is 19.3 Å². The largest absolute Gasteiger partial charge is 0.480 e. The fraction of sp³-hybridized carbons (Fsp3) is 0.600. The van der Waals surface area contributed by atoms with Crippen LogP contribution in [0.3, 0.4) is 0 Å². The molecule has 0 aromatic carbocycles. The van der Waals surface area contributed by atoms with Gasteiger partial charge in [-0.3, -0.25) is 19.2 Å². The minimum atomic E-state index is -1.38. The van der Waals surface area contributed by atoms with E-state index in [1.807, 2.05) is 0 Å². The van der Waals surface area contributed by atoms with Gasteiger partial charge in [0.25, 0.3) is 0 Å². The van der Waals surface area contributed by atoms with Gasteiger partial charge < -0.3 is 43.2 Å². The summed E-state index contributed by atoms with van der Waals surface area (Å²) in [6.07, 6.45) is 4.13. The first-order valence-electron chi connectivity index (χ1n) is 10.9. The number of primary amides is 1. The molecule has 34 heavy (non-hydrogen) atoms. The summed E-state index contributed by atoms with van der Waals surface area (Å²) in [6, 6.07) is -4.41. The highest BCUT2D eigenvalue weighted by Gasteiger charge is 2.29. The van der Waals surface area contributed by atoms with Crippen molar-refractivity contribution in [2.75, 3.05) is 6.54 Å². The molecule has 0 saturated heterocycles. The number of nitrogens with one attached hydrogen (secondary N) is 4. The second-order valence-corrected chi connectivity index (χ2v) is 7.87. The molecule has 1 aromatic heterocycles. The van der Waals surface area contributed by atoms with Gasteiger partial charge in [0.05, 0.1) is 12.4 Å². The number of aliphatic carboxylic acids is 1. The fourth-order valence-corrected chi connectivity index (χ4v) is 2.96. The number of unbranched alkanes of at least 4 members (excludes halogenated alkanes) is 1. The Kier molecular flexibility index (Phi) is 12.2. The van der Waals surface area contributed by atoms with E-state index in [0.29, 0.717) is 25.1 Å². The molecule has 1 aromatic rings. The number of aromatic amines is 1. The Morgan fingerprint density at radius 3 is 2.26 bits per heavy atom. The van der Waals surface area contributed by atoms with Crippen LogP contribution in [0.25, 0.3) is 0 Å². The molecule has 0 aliphatic heterocycles. The van der Waals surface area contributed by atoms with Gasteiger partial charge in [-0.25, -0.2) is 9.78 Å². The normalized spacial score (nSPS) is 14.3. The molecule has 0 fully saturated rings. The van der Waals surface area contributed by atoms with Gasteiger partial charge in [0.15, 0.2) is 0 Å². The molecule has 0 aliphatic rings. The molecular formula is C20H34N8O6. The first-order valence-corrected chi connectivity index (χ1v) is 10.9. The van der Waals surface area contributed by atoms with Gasteiger partial charge in [0, 0.05) is 24.7 Å². The van der Waals surface area contributed by atoms with Gasteiger partial charge in [-0.05, 0) is 32.7 Å². The molecule has 0 spiro atoms. The highest BCUT2D eigenvalue weighted by atomic mass is 16.4. The monoisotopic (exact) mass is 482 g/mol. The standard InChI is InChI=1S/C20H34N8O6/c1-11(26-18(31)13(22)4-2-3-7-21)17(30)28-15(8-12-9-24-10-25-12)19(32)27-14(20(33)34)5-6-16(23)29/h9-11,13-15H,2-8,21-22H2,1H3,(H2,23,29)(H,24,25)(H,26,31)(H,27,32)(H,28,30)(H,33,34). The summed E-state index contributed by atoms with van der Waals surface area (Å²) in [7, 11) is 0. The molecule has 0 bridgehead atoms. The number of nitrogens with two attached hydrogens (primary N) is 3. The first-order chi connectivity index (χ1) is 16.0. The fourth-order valence-electron chi connectivity index (χ4n) is 2.96. The average Bonchev–Trinajstić information content (AvgIpc) is 3.28. The van der Waals surface area contributed by atoms with Crippen LogP contribution in [0.4, 0.5) is 0 Å². The first kappa shape index (κ1) is 28.5. The lowest BCUT2D eigenvalue weighted by Crippen LogP contribution is -2.57. The highest BCUT2D eigenvalue weighted by Crippen LogP contribution is 2.04. The molecule has 1 heterocycles. The molecule has 0 radical (unpaired) electrons. The van der Waals surface area contributed by atoms with Gasteiger partial charge in [-0.2, -0.15) is 0 Å². The number of carboxylic acid groups (broad SMARTS) is 1. The minimum absolute atomic E-state index is 0.0288. The topological polar surface area (TPSA) is 248 Å². The van der Waals surface area contributed by atoms with E-state index in [0.717, 1.165) is 6.42 Å². The molecular weight excluding hydrogens is 448 g/mol. The summed E-state index contributed by atoms with van der Waals surface area (Å²) >= 11 is 0. The van der Waals surface area contributed by atoms with Crippen LogP contribution in [0.5, 0.6) is 0 Å². The van der Waals surface area contributed by atoms with Crippen LogP contribution in [0.1, 0.15) is 44.7 Å². The number of nitrogens with zero attached hydrogens (tertiary/aromatic N) is 1. The zero-order chi connectivity index (χ0) is 25.7. The maximum absolute atomic E-state index is 12.8. The quantitative estimate of drug-likeness (QED) is 0.113. The number of aromatic nitrogens is 2. The number of amides is 4. The minimum Gasteiger partial charge on any atom is -0.480 e. The van der Waals surface area contributed by atoms with Crippen molar-refractivity contribution in [3.05, 3.63) is 18.2 Å². The van der Waals surface area contributed by atoms with Crippen LogP contribution in [0, 0.1) is 0 Å².